The monoisotopic (exact) mass is 482 g/mol. The Kier molecular flexibility index (Phi) is 8.53. The summed E-state index contributed by atoms with van der Waals surface area (Å²) in [5, 5.41) is 11.0. The van der Waals surface area contributed by atoms with Crippen LogP contribution in [0.25, 0.3) is 5.53 Å². The number of carbonyl (C=O) groups excluding carboxylic acids is 2. The summed E-state index contributed by atoms with van der Waals surface area (Å²) in [4.78, 5) is 39.4. The molecule has 11 heteroatoms. The molecule has 3 rings (SSSR count). The lowest BCUT2D eigenvalue weighted by Gasteiger charge is -2.21. The van der Waals surface area contributed by atoms with E-state index in [4.69, 9.17) is 9.47 Å². The van der Waals surface area contributed by atoms with Gasteiger partial charge in [0, 0.05) is 24.4 Å². The Morgan fingerprint density at radius 1 is 1.11 bits per heavy atom. The van der Waals surface area contributed by atoms with E-state index in [0.717, 1.165) is 38.4 Å². The summed E-state index contributed by atoms with van der Waals surface area (Å²) in [6, 6.07) is 10.7. The Bertz CT molecular complexity index is 1140. The molecular formula is C24H26N4O7. The van der Waals surface area contributed by atoms with Crippen molar-refractivity contribution in [2.24, 2.45) is 0 Å². The summed E-state index contributed by atoms with van der Waals surface area (Å²) in [5.74, 6) is -0.813. The van der Waals surface area contributed by atoms with Gasteiger partial charge in [0.25, 0.3) is 5.69 Å². The van der Waals surface area contributed by atoms with Crippen molar-refractivity contribution in [1.82, 2.24) is 0 Å². The number of methoxy groups -OCH3 is 2. The lowest BCUT2D eigenvalue weighted by molar-refractivity contribution is -0.384. The molecule has 0 aromatic heterocycles. The van der Waals surface area contributed by atoms with E-state index < -0.39 is 22.5 Å². The standard InChI is InChI=1S/C24H26N4O7/c1-33-20-12-7-16(15-21(20)35-19-5-3-4-6-19)13-14-27(23(29)22(26-25)24(30)34-2)17-8-10-18(11-9-17)28(31)32/h7-12,15,19H,3-6,13-14H2,1-2H3. The fraction of sp³-hybridized carbons (Fsp3) is 0.375. The minimum atomic E-state index is -1.11. The molecule has 0 N–H and O–H groups in total. The molecule has 0 radical (unpaired) electrons. The van der Waals surface area contributed by atoms with Crippen LogP contribution in [-0.4, -0.2) is 54.2 Å². The lowest BCUT2D eigenvalue weighted by Crippen LogP contribution is -2.42. The van der Waals surface area contributed by atoms with Crippen LogP contribution in [0.1, 0.15) is 31.2 Å². The van der Waals surface area contributed by atoms with E-state index in [1.807, 2.05) is 12.1 Å². The van der Waals surface area contributed by atoms with Gasteiger partial charge in [0.1, 0.15) is 0 Å². The zero-order valence-electron chi connectivity index (χ0n) is 19.5. The molecule has 11 nitrogen and oxygen atoms in total. The molecule has 2 aromatic carbocycles. The smallest absolute Gasteiger partial charge is 0.463 e. The Morgan fingerprint density at radius 2 is 1.80 bits per heavy atom. The number of nitro benzene ring substituents is 1. The molecule has 1 aliphatic rings. The van der Waals surface area contributed by atoms with E-state index in [-0.39, 0.29) is 24.0 Å². The number of esters is 1. The number of nitrogens with zero attached hydrogens (tertiary/aromatic N) is 4. The Morgan fingerprint density at radius 3 is 2.37 bits per heavy atom. The summed E-state index contributed by atoms with van der Waals surface area (Å²) >= 11 is 0. The van der Waals surface area contributed by atoms with Gasteiger partial charge >= 0.3 is 17.6 Å². The SMILES string of the molecule is COC(=O)C(=[N+]=[N-])C(=O)N(CCc1ccc(OC)c(OC2CCCC2)c1)c1ccc([N+](=O)[O-])cc1. The molecule has 0 bridgehead atoms. The van der Waals surface area contributed by atoms with Crippen LogP contribution in [0.4, 0.5) is 11.4 Å². The average Bonchev–Trinajstić information content (AvgIpc) is 3.38. The molecule has 0 atom stereocenters. The van der Waals surface area contributed by atoms with Crippen LogP contribution in [-0.2, 0) is 20.7 Å². The molecule has 0 aliphatic heterocycles. The largest absolute Gasteiger partial charge is 0.493 e. The summed E-state index contributed by atoms with van der Waals surface area (Å²) < 4.78 is 16.1. The highest BCUT2D eigenvalue weighted by molar-refractivity contribution is 6.64. The van der Waals surface area contributed by atoms with Crippen molar-refractivity contribution in [1.29, 1.82) is 0 Å². The third kappa shape index (κ3) is 6.21. The van der Waals surface area contributed by atoms with Crippen LogP contribution in [0.3, 0.4) is 0 Å². The highest BCUT2D eigenvalue weighted by Crippen LogP contribution is 2.33. The van der Waals surface area contributed by atoms with Gasteiger partial charge < -0.3 is 24.6 Å². The number of benzene rings is 2. The van der Waals surface area contributed by atoms with Crippen molar-refractivity contribution in [2.75, 3.05) is 25.7 Å². The van der Waals surface area contributed by atoms with Crippen molar-refractivity contribution in [3.8, 4) is 11.5 Å². The molecule has 1 amide bonds. The first-order valence-corrected chi connectivity index (χ1v) is 11.1. The normalized spacial score (nSPS) is 13.0. The third-order valence-electron chi connectivity index (χ3n) is 5.75. The van der Waals surface area contributed by atoms with Gasteiger partial charge in [0.2, 0.25) is 0 Å². The van der Waals surface area contributed by atoms with Gasteiger partial charge in [-0.1, -0.05) is 6.07 Å². The summed E-state index contributed by atoms with van der Waals surface area (Å²) in [6.45, 7) is 0.0713. The van der Waals surface area contributed by atoms with Crippen LogP contribution >= 0.6 is 0 Å². The Hall–Kier alpha value is -4.24. The fourth-order valence-electron chi connectivity index (χ4n) is 3.89. The van der Waals surface area contributed by atoms with Gasteiger partial charge in [0.05, 0.1) is 25.2 Å². The van der Waals surface area contributed by atoms with Gasteiger partial charge in [-0.05, 0) is 61.9 Å². The topological polar surface area (TPSA) is 145 Å². The molecule has 1 aliphatic carbocycles. The van der Waals surface area contributed by atoms with Crippen LogP contribution < -0.4 is 14.4 Å². The van der Waals surface area contributed by atoms with Gasteiger partial charge in [-0.3, -0.25) is 14.9 Å². The first-order chi connectivity index (χ1) is 16.9. The summed E-state index contributed by atoms with van der Waals surface area (Å²) in [6.07, 6.45) is 4.66. The van der Waals surface area contributed by atoms with Gasteiger partial charge in [-0.25, -0.2) is 4.79 Å². The molecular weight excluding hydrogens is 456 g/mol. The number of rotatable bonds is 10. The zero-order chi connectivity index (χ0) is 25.4. The predicted molar refractivity (Wildman–Crippen MR) is 126 cm³/mol. The molecule has 2 aromatic rings. The number of hydrogen-bond donors (Lipinski definition) is 0. The van der Waals surface area contributed by atoms with Crippen LogP contribution in [0, 0.1) is 10.1 Å². The van der Waals surface area contributed by atoms with Crippen LogP contribution in [0.5, 0.6) is 11.5 Å². The van der Waals surface area contributed by atoms with E-state index in [0.29, 0.717) is 17.9 Å². The molecule has 0 heterocycles. The maximum absolute atomic E-state index is 13.1. The first-order valence-electron chi connectivity index (χ1n) is 11.1. The molecule has 0 saturated heterocycles. The second-order valence-corrected chi connectivity index (χ2v) is 7.93. The summed E-state index contributed by atoms with van der Waals surface area (Å²) in [5.41, 5.74) is 9.38. The average molecular weight is 482 g/mol. The minimum Gasteiger partial charge on any atom is -0.493 e. The Balaban J connectivity index is 1.87. The van der Waals surface area contributed by atoms with Gasteiger partial charge in [-0.2, -0.15) is 4.79 Å². The summed E-state index contributed by atoms with van der Waals surface area (Å²) in [7, 11) is 2.62. The van der Waals surface area contributed by atoms with Gasteiger partial charge in [-0.15, -0.1) is 0 Å². The quantitative estimate of drug-likeness (QED) is 0.0960. The zero-order valence-corrected chi connectivity index (χ0v) is 19.5. The van der Waals surface area contributed by atoms with E-state index in [1.54, 1.807) is 13.2 Å². The molecule has 0 unspecified atom stereocenters. The van der Waals surface area contributed by atoms with E-state index in [2.05, 4.69) is 9.53 Å². The number of carbonyl (C=O) groups is 2. The highest BCUT2D eigenvalue weighted by atomic mass is 16.6. The highest BCUT2D eigenvalue weighted by Gasteiger charge is 2.36. The van der Waals surface area contributed by atoms with Crippen molar-refractivity contribution in [2.45, 2.75) is 38.2 Å². The Labute approximate surface area is 202 Å². The fourth-order valence-corrected chi connectivity index (χ4v) is 3.89. The number of hydrogen-bond acceptors (Lipinski definition) is 7. The maximum atomic E-state index is 13.1. The van der Waals surface area contributed by atoms with E-state index in [9.17, 15) is 25.2 Å². The molecule has 35 heavy (non-hydrogen) atoms. The van der Waals surface area contributed by atoms with Crippen molar-refractivity contribution in [3.63, 3.8) is 0 Å². The molecule has 1 fully saturated rings. The van der Waals surface area contributed by atoms with Crippen molar-refractivity contribution in [3.05, 3.63) is 63.7 Å². The predicted octanol–water partition coefficient (Wildman–Crippen LogP) is 3.34. The van der Waals surface area contributed by atoms with Gasteiger partial charge in [0.15, 0.2) is 11.5 Å². The van der Waals surface area contributed by atoms with E-state index in [1.165, 1.54) is 29.2 Å². The second kappa shape index (κ2) is 11.8. The molecule has 184 valence electrons. The number of amides is 1. The van der Waals surface area contributed by atoms with E-state index >= 15 is 0 Å². The molecule has 1 saturated carbocycles. The third-order valence-corrected chi connectivity index (χ3v) is 5.75. The lowest BCUT2D eigenvalue weighted by atomic mass is 10.1. The number of ether oxygens (including phenoxy) is 3. The number of anilines is 1. The minimum absolute atomic E-state index is 0.0713. The maximum Gasteiger partial charge on any atom is 0.463 e. The van der Waals surface area contributed by atoms with Crippen LogP contribution in [0.15, 0.2) is 42.5 Å². The first kappa shape index (κ1) is 25.4. The molecule has 0 spiro atoms. The second-order valence-electron chi connectivity index (χ2n) is 7.93. The number of nitro groups is 1. The van der Waals surface area contributed by atoms with Crippen molar-refractivity contribution >= 4 is 29.0 Å². The number of non-ortho nitro benzene ring substituents is 1. The van der Waals surface area contributed by atoms with Crippen LogP contribution in [0.2, 0.25) is 0 Å². The van der Waals surface area contributed by atoms with Crippen molar-refractivity contribution < 1.29 is 33.5 Å².